The van der Waals surface area contributed by atoms with Gasteiger partial charge in [-0.25, -0.2) is 4.98 Å². The van der Waals surface area contributed by atoms with Crippen LogP contribution in [0.4, 0.5) is 0 Å². The molecule has 0 unspecified atom stereocenters. The summed E-state index contributed by atoms with van der Waals surface area (Å²) in [5.41, 5.74) is 2.72. The van der Waals surface area contributed by atoms with Crippen molar-refractivity contribution in [3.8, 4) is 11.6 Å². The van der Waals surface area contributed by atoms with E-state index in [0.717, 1.165) is 79.8 Å². The molecule has 1 aliphatic carbocycles. The Bertz CT molecular complexity index is 978. The van der Waals surface area contributed by atoms with Crippen LogP contribution in [-0.4, -0.2) is 36.3 Å². The van der Waals surface area contributed by atoms with Gasteiger partial charge in [-0.3, -0.25) is 0 Å². The lowest BCUT2D eigenvalue weighted by Crippen LogP contribution is -3.12. The Morgan fingerprint density at radius 3 is 2.71 bits per heavy atom. The summed E-state index contributed by atoms with van der Waals surface area (Å²) in [5, 5.41) is 1.14. The van der Waals surface area contributed by atoms with Crippen LogP contribution in [0.25, 0.3) is 10.2 Å². The third-order valence-corrected chi connectivity index (χ3v) is 6.92. The number of quaternary nitrogens is 1. The summed E-state index contributed by atoms with van der Waals surface area (Å²) >= 11 is 1.83. The van der Waals surface area contributed by atoms with E-state index in [2.05, 4.69) is 19.1 Å². The molecule has 5 rings (SSSR count). The average molecular weight is 397 g/mol. The number of hydrogen-bond acceptors (Lipinski definition) is 5. The molecule has 0 atom stereocenters. The van der Waals surface area contributed by atoms with Gasteiger partial charge in [0.05, 0.1) is 18.6 Å². The number of nitrogens with one attached hydrogen (secondary N) is 1. The first-order chi connectivity index (χ1) is 13.8. The standard InChI is InChI=1S/C22H25N3O2S/c1-2-15-6-8-16(9-7-15)27-21-20-17-4-3-5-18(17)28-22(20)24-19(23-21)14-25-10-12-26-13-11-25/h6-9H,2-5,10-14H2,1H3/p+1. The van der Waals surface area contributed by atoms with Crippen molar-refractivity contribution >= 4 is 21.6 Å². The smallest absolute Gasteiger partial charge is 0.231 e. The number of nitrogens with zero attached hydrogens (tertiary/aromatic N) is 2. The number of thiophene rings is 1. The van der Waals surface area contributed by atoms with Crippen LogP contribution in [0.3, 0.4) is 0 Å². The molecular weight excluding hydrogens is 370 g/mol. The molecule has 3 heterocycles. The highest BCUT2D eigenvalue weighted by molar-refractivity contribution is 7.19. The van der Waals surface area contributed by atoms with Gasteiger partial charge < -0.3 is 14.4 Å². The van der Waals surface area contributed by atoms with Crippen LogP contribution in [0.2, 0.25) is 0 Å². The lowest BCUT2D eigenvalue weighted by Gasteiger charge is -2.23. The second-order valence-electron chi connectivity index (χ2n) is 7.62. The van der Waals surface area contributed by atoms with Gasteiger partial charge in [0, 0.05) is 4.88 Å². The van der Waals surface area contributed by atoms with Crippen LogP contribution >= 0.6 is 11.3 Å². The van der Waals surface area contributed by atoms with Crippen molar-refractivity contribution in [2.75, 3.05) is 26.3 Å². The van der Waals surface area contributed by atoms with Crippen molar-refractivity contribution in [3.05, 3.63) is 46.1 Å². The quantitative estimate of drug-likeness (QED) is 0.720. The van der Waals surface area contributed by atoms with Gasteiger partial charge >= 0.3 is 0 Å². The van der Waals surface area contributed by atoms with Gasteiger partial charge in [0.15, 0.2) is 5.82 Å². The Kier molecular flexibility index (Phi) is 5.01. The minimum absolute atomic E-state index is 0.733. The summed E-state index contributed by atoms with van der Waals surface area (Å²) in [5.74, 6) is 2.46. The molecule has 0 bridgehead atoms. The molecule has 0 spiro atoms. The molecule has 1 N–H and O–H groups in total. The molecule has 2 aromatic heterocycles. The topological polar surface area (TPSA) is 48.7 Å². The number of aromatic nitrogens is 2. The lowest BCUT2D eigenvalue weighted by atomic mass is 10.2. The maximum absolute atomic E-state index is 6.33. The molecule has 5 nitrogen and oxygen atoms in total. The summed E-state index contributed by atoms with van der Waals surface area (Å²) in [7, 11) is 0. The van der Waals surface area contributed by atoms with Crippen molar-refractivity contribution < 1.29 is 14.4 Å². The number of hydrogen-bond donors (Lipinski definition) is 1. The molecule has 146 valence electrons. The highest BCUT2D eigenvalue weighted by atomic mass is 32.1. The molecule has 0 saturated carbocycles. The molecule has 1 aromatic carbocycles. The number of ether oxygens (including phenoxy) is 2. The van der Waals surface area contributed by atoms with Crippen molar-refractivity contribution in [1.29, 1.82) is 0 Å². The first-order valence-corrected chi connectivity index (χ1v) is 11.1. The fourth-order valence-corrected chi connectivity index (χ4v) is 5.39. The van der Waals surface area contributed by atoms with Crippen molar-refractivity contribution in [2.24, 2.45) is 0 Å². The van der Waals surface area contributed by atoms with Crippen LogP contribution in [0.15, 0.2) is 24.3 Å². The minimum atomic E-state index is 0.733. The number of benzene rings is 1. The molecule has 0 amide bonds. The number of fused-ring (bicyclic) bond motifs is 3. The third-order valence-electron chi connectivity index (χ3n) is 5.73. The number of rotatable bonds is 5. The monoisotopic (exact) mass is 396 g/mol. The molecule has 2 aliphatic rings. The van der Waals surface area contributed by atoms with Crippen molar-refractivity contribution in [2.45, 2.75) is 39.2 Å². The first kappa shape index (κ1) is 18.0. The van der Waals surface area contributed by atoms with Gasteiger partial charge in [0.1, 0.15) is 30.2 Å². The van der Waals surface area contributed by atoms with Crippen molar-refractivity contribution in [1.82, 2.24) is 9.97 Å². The van der Waals surface area contributed by atoms with E-state index in [4.69, 9.17) is 19.4 Å². The lowest BCUT2D eigenvalue weighted by molar-refractivity contribution is -0.922. The van der Waals surface area contributed by atoms with Crippen LogP contribution in [-0.2, 0) is 30.5 Å². The zero-order chi connectivity index (χ0) is 18.9. The van der Waals surface area contributed by atoms with E-state index in [1.54, 1.807) is 0 Å². The number of morpholine rings is 1. The van der Waals surface area contributed by atoms with E-state index in [0.29, 0.717) is 0 Å². The SMILES string of the molecule is CCc1ccc(Oc2nc(C[NH+]3CCOCC3)nc3sc4c(c23)CCC4)cc1. The van der Waals surface area contributed by atoms with E-state index in [-0.39, 0.29) is 0 Å². The zero-order valence-electron chi connectivity index (χ0n) is 16.3. The van der Waals surface area contributed by atoms with Crippen molar-refractivity contribution in [3.63, 3.8) is 0 Å². The molecule has 3 aromatic rings. The maximum Gasteiger partial charge on any atom is 0.231 e. The van der Waals surface area contributed by atoms with Gasteiger partial charge in [-0.15, -0.1) is 11.3 Å². The first-order valence-electron chi connectivity index (χ1n) is 10.3. The van der Waals surface area contributed by atoms with Gasteiger partial charge in [-0.2, -0.15) is 4.98 Å². The van der Waals surface area contributed by atoms with Crippen LogP contribution in [0, 0.1) is 0 Å². The maximum atomic E-state index is 6.33. The largest absolute Gasteiger partial charge is 0.438 e. The third kappa shape index (κ3) is 3.52. The van der Waals surface area contributed by atoms with E-state index in [1.165, 1.54) is 27.3 Å². The van der Waals surface area contributed by atoms with Gasteiger partial charge in [-0.05, 0) is 48.9 Å². The highest BCUT2D eigenvalue weighted by Crippen LogP contribution is 2.41. The molecule has 1 aliphatic heterocycles. The predicted octanol–water partition coefficient (Wildman–Crippen LogP) is 2.95. The Morgan fingerprint density at radius 2 is 1.93 bits per heavy atom. The van der Waals surface area contributed by atoms with Gasteiger partial charge in [0.2, 0.25) is 5.88 Å². The second-order valence-corrected chi connectivity index (χ2v) is 8.70. The summed E-state index contributed by atoms with van der Waals surface area (Å²) in [6.45, 7) is 6.65. The van der Waals surface area contributed by atoms with E-state index < -0.39 is 0 Å². The second kappa shape index (κ2) is 7.78. The Labute approximate surface area is 169 Å². The van der Waals surface area contributed by atoms with Crippen LogP contribution in [0.5, 0.6) is 11.6 Å². The van der Waals surface area contributed by atoms with Crippen LogP contribution < -0.4 is 9.64 Å². The Hall–Kier alpha value is -2.02. The molecular formula is C22H26N3O2S+. The molecule has 0 radical (unpaired) electrons. The summed E-state index contributed by atoms with van der Waals surface area (Å²) in [6.07, 6.45) is 4.52. The molecule has 1 fully saturated rings. The Balaban J connectivity index is 1.51. The minimum Gasteiger partial charge on any atom is -0.438 e. The Morgan fingerprint density at radius 1 is 1.11 bits per heavy atom. The average Bonchev–Trinajstić information content (AvgIpc) is 3.30. The predicted molar refractivity (Wildman–Crippen MR) is 111 cm³/mol. The normalized spacial score (nSPS) is 17.2. The molecule has 28 heavy (non-hydrogen) atoms. The van der Waals surface area contributed by atoms with Gasteiger partial charge in [0.25, 0.3) is 0 Å². The van der Waals surface area contributed by atoms with Gasteiger partial charge in [-0.1, -0.05) is 19.1 Å². The molecule has 1 saturated heterocycles. The van der Waals surface area contributed by atoms with E-state index in [1.807, 2.05) is 23.5 Å². The number of aryl methyl sites for hydroxylation is 3. The van der Waals surface area contributed by atoms with E-state index >= 15 is 0 Å². The highest BCUT2D eigenvalue weighted by Gasteiger charge is 2.25. The summed E-state index contributed by atoms with van der Waals surface area (Å²) in [4.78, 5) is 13.9. The van der Waals surface area contributed by atoms with E-state index in [9.17, 15) is 0 Å². The van der Waals surface area contributed by atoms with Crippen LogP contribution in [0.1, 0.15) is 35.2 Å². The molecule has 6 heteroatoms. The summed E-state index contributed by atoms with van der Waals surface area (Å²) in [6, 6.07) is 8.35. The fraction of sp³-hybridized carbons (Fsp3) is 0.455. The summed E-state index contributed by atoms with van der Waals surface area (Å²) < 4.78 is 11.8. The zero-order valence-corrected chi connectivity index (χ0v) is 17.1. The fourth-order valence-electron chi connectivity index (χ4n) is 4.12.